The predicted molar refractivity (Wildman–Crippen MR) is 129 cm³/mol. The second kappa shape index (κ2) is 11.3. The van der Waals surface area contributed by atoms with Gasteiger partial charge in [0.05, 0.1) is 19.9 Å². The molecule has 1 amide bonds. The molecule has 7 heteroatoms. The van der Waals surface area contributed by atoms with Crippen molar-refractivity contribution in [1.82, 2.24) is 5.43 Å². The first kappa shape index (κ1) is 23.3. The molecule has 0 aliphatic heterocycles. The van der Waals surface area contributed by atoms with Gasteiger partial charge in [-0.1, -0.05) is 45.8 Å². The summed E-state index contributed by atoms with van der Waals surface area (Å²) in [5.41, 5.74) is 5.95. The molecule has 3 aromatic carbocycles. The van der Waals surface area contributed by atoms with E-state index in [-0.39, 0.29) is 5.91 Å². The van der Waals surface area contributed by atoms with Gasteiger partial charge in [0.15, 0.2) is 11.5 Å². The van der Waals surface area contributed by atoms with Crippen LogP contribution in [0.2, 0.25) is 0 Å². The SMILES string of the molecule is CCOc1ccc(C(=O)N/N=C/c2cc(Br)ccc2OCc2ccc(C)cc2)cc1OC. The summed E-state index contributed by atoms with van der Waals surface area (Å²) in [6.45, 7) is 4.87. The largest absolute Gasteiger partial charge is 0.493 e. The number of rotatable bonds is 9. The Labute approximate surface area is 196 Å². The Kier molecular flexibility index (Phi) is 8.27. The number of nitrogens with one attached hydrogen (secondary N) is 1. The average Bonchev–Trinajstić information content (AvgIpc) is 2.80. The molecular formula is C25H25BrN2O4. The van der Waals surface area contributed by atoms with Gasteiger partial charge in [-0.25, -0.2) is 5.43 Å². The number of halogens is 1. The third-order valence-corrected chi connectivity index (χ3v) is 5.08. The van der Waals surface area contributed by atoms with E-state index < -0.39 is 0 Å². The van der Waals surface area contributed by atoms with Gasteiger partial charge in [0.2, 0.25) is 0 Å². The van der Waals surface area contributed by atoms with Crippen LogP contribution in [0.4, 0.5) is 0 Å². The van der Waals surface area contributed by atoms with Crippen LogP contribution < -0.4 is 19.6 Å². The van der Waals surface area contributed by atoms with Gasteiger partial charge in [-0.05, 0) is 55.8 Å². The van der Waals surface area contributed by atoms with Gasteiger partial charge in [0.25, 0.3) is 5.91 Å². The molecule has 166 valence electrons. The van der Waals surface area contributed by atoms with E-state index in [0.717, 1.165) is 15.6 Å². The van der Waals surface area contributed by atoms with E-state index in [2.05, 4.69) is 26.5 Å². The highest BCUT2D eigenvalue weighted by Crippen LogP contribution is 2.28. The summed E-state index contributed by atoms with van der Waals surface area (Å²) in [6, 6.07) is 18.8. The summed E-state index contributed by atoms with van der Waals surface area (Å²) >= 11 is 3.46. The smallest absolute Gasteiger partial charge is 0.271 e. The van der Waals surface area contributed by atoms with E-state index in [0.29, 0.717) is 36.0 Å². The van der Waals surface area contributed by atoms with Crippen molar-refractivity contribution in [3.63, 3.8) is 0 Å². The van der Waals surface area contributed by atoms with Crippen molar-refractivity contribution in [2.45, 2.75) is 20.5 Å². The molecule has 0 saturated carbocycles. The number of carbonyl (C=O) groups is 1. The van der Waals surface area contributed by atoms with Gasteiger partial charge in [0, 0.05) is 15.6 Å². The second-order valence-corrected chi connectivity index (χ2v) is 7.87. The van der Waals surface area contributed by atoms with E-state index in [9.17, 15) is 4.79 Å². The third-order valence-electron chi connectivity index (χ3n) is 4.58. The standard InChI is InChI=1S/C25H25BrN2O4/c1-4-31-23-11-9-19(14-24(23)30-3)25(29)28-27-15-20-13-21(26)10-12-22(20)32-16-18-7-5-17(2)6-8-18/h5-15H,4,16H2,1-3H3,(H,28,29)/b27-15+. The predicted octanol–water partition coefficient (Wildman–Crippen LogP) is 5.51. The molecule has 0 aliphatic rings. The fraction of sp³-hybridized carbons (Fsp3) is 0.200. The lowest BCUT2D eigenvalue weighted by atomic mass is 10.1. The fourth-order valence-electron chi connectivity index (χ4n) is 2.91. The molecule has 0 aliphatic carbocycles. The Hall–Kier alpha value is -3.32. The zero-order valence-corrected chi connectivity index (χ0v) is 19.8. The van der Waals surface area contributed by atoms with E-state index in [1.165, 1.54) is 12.7 Å². The zero-order valence-electron chi connectivity index (χ0n) is 18.2. The third kappa shape index (κ3) is 6.34. The van der Waals surface area contributed by atoms with Crippen LogP contribution in [0, 0.1) is 6.92 Å². The summed E-state index contributed by atoms with van der Waals surface area (Å²) in [5, 5.41) is 4.10. The van der Waals surface area contributed by atoms with Crippen molar-refractivity contribution in [3.8, 4) is 17.2 Å². The van der Waals surface area contributed by atoms with Crippen LogP contribution in [-0.4, -0.2) is 25.8 Å². The molecule has 3 rings (SSSR count). The van der Waals surface area contributed by atoms with Gasteiger partial charge in [-0.2, -0.15) is 5.10 Å². The molecule has 0 aromatic heterocycles. The van der Waals surface area contributed by atoms with Crippen molar-refractivity contribution in [2.75, 3.05) is 13.7 Å². The average molecular weight is 497 g/mol. The maximum atomic E-state index is 12.5. The van der Waals surface area contributed by atoms with Crippen LogP contribution >= 0.6 is 15.9 Å². The van der Waals surface area contributed by atoms with Crippen molar-refractivity contribution in [3.05, 3.63) is 87.4 Å². The highest BCUT2D eigenvalue weighted by Gasteiger charge is 2.11. The van der Waals surface area contributed by atoms with E-state index >= 15 is 0 Å². The van der Waals surface area contributed by atoms with Gasteiger partial charge < -0.3 is 14.2 Å². The summed E-state index contributed by atoms with van der Waals surface area (Å²) in [7, 11) is 1.53. The molecule has 0 heterocycles. The molecule has 3 aromatic rings. The Balaban J connectivity index is 1.68. The van der Waals surface area contributed by atoms with Crippen molar-refractivity contribution < 1.29 is 19.0 Å². The van der Waals surface area contributed by atoms with Crippen LogP contribution in [0.1, 0.15) is 34.0 Å². The van der Waals surface area contributed by atoms with E-state index in [1.807, 2.05) is 56.3 Å². The van der Waals surface area contributed by atoms with E-state index in [1.54, 1.807) is 24.4 Å². The lowest BCUT2D eigenvalue weighted by Crippen LogP contribution is -2.17. The quantitative estimate of drug-likeness (QED) is 0.313. The van der Waals surface area contributed by atoms with Gasteiger partial charge in [-0.15, -0.1) is 0 Å². The first-order valence-corrected chi connectivity index (χ1v) is 10.9. The number of amides is 1. The van der Waals surface area contributed by atoms with Crippen molar-refractivity contribution in [1.29, 1.82) is 0 Å². The highest BCUT2D eigenvalue weighted by molar-refractivity contribution is 9.10. The molecule has 6 nitrogen and oxygen atoms in total. The Morgan fingerprint density at radius 2 is 1.75 bits per heavy atom. The minimum atomic E-state index is -0.361. The number of hydrogen-bond acceptors (Lipinski definition) is 5. The Morgan fingerprint density at radius 1 is 1.00 bits per heavy atom. The van der Waals surface area contributed by atoms with Crippen LogP contribution in [-0.2, 0) is 6.61 Å². The van der Waals surface area contributed by atoms with E-state index in [4.69, 9.17) is 14.2 Å². The van der Waals surface area contributed by atoms with Crippen molar-refractivity contribution in [2.24, 2.45) is 5.10 Å². The summed E-state index contributed by atoms with van der Waals surface area (Å²) < 4.78 is 17.6. The molecule has 0 spiro atoms. The molecule has 1 N–H and O–H groups in total. The minimum absolute atomic E-state index is 0.361. The Bertz CT molecular complexity index is 1100. The molecule has 0 saturated heterocycles. The highest BCUT2D eigenvalue weighted by atomic mass is 79.9. The normalized spacial score (nSPS) is 10.8. The van der Waals surface area contributed by atoms with Gasteiger partial charge in [-0.3, -0.25) is 4.79 Å². The number of hydrogen-bond donors (Lipinski definition) is 1. The number of aryl methyl sites for hydroxylation is 1. The molecule has 0 unspecified atom stereocenters. The zero-order chi connectivity index (χ0) is 22.9. The topological polar surface area (TPSA) is 69.2 Å². The number of benzene rings is 3. The fourth-order valence-corrected chi connectivity index (χ4v) is 3.28. The second-order valence-electron chi connectivity index (χ2n) is 6.95. The summed E-state index contributed by atoms with van der Waals surface area (Å²) in [4.78, 5) is 12.5. The number of ether oxygens (including phenoxy) is 3. The molecule has 0 bridgehead atoms. The monoisotopic (exact) mass is 496 g/mol. The number of hydrazone groups is 1. The first-order valence-electron chi connectivity index (χ1n) is 10.1. The number of carbonyl (C=O) groups excluding carboxylic acids is 1. The first-order chi connectivity index (χ1) is 15.5. The number of methoxy groups -OCH3 is 1. The van der Waals surface area contributed by atoms with Crippen LogP contribution in [0.3, 0.4) is 0 Å². The minimum Gasteiger partial charge on any atom is -0.493 e. The van der Waals surface area contributed by atoms with Crippen molar-refractivity contribution >= 4 is 28.1 Å². The number of nitrogens with zero attached hydrogens (tertiary/aromatic N) is 1. The lowest BCUT2D eigenvalue weighted by Gasteiger charge is -2.11. The lowest BCUT2D eigenvalue weighted by molar-refractivity contribution is 0.0954. The van der Waals surface area contributed by atoms with Crippen LogP contribution in [0.25, 0.3) is 0 Å². The maximum Gasteiger partial charge on any atom is 0.271 e. The van der Waals surface area contributed by atoms with Gasteiger partial charge >= 0.3 is 0 Å². The molecule has 0 radical (unpaired) electrons. The van der Waals surface area contributed by atoms with Crippen LogP contribution in [0.15, 0.2) is 70.2 Å². The van der Waals surface area contributed by atoms with Gasteiger partial charge in [0.1, 0.15) is 12.4 Å². The van der Waals surface area contributed by atoms with Crippen LogP contribution in [0.5, 0.6) is 17.2 Å². The summed E-state index contributed by atoms with van der Waals surface area (Å²) in [6.07, 6.45) is 1.55. The Morgan fingerprint density at radius 3 is 2.47 bits per heavy atom. The summed E-state index contributed by atoms with van der Waals surface area (Å²) in [5.74, 6) is 1.37. The maximum absolute atomic E-state index is 12.5. The molecular weight excluding hydrogens is 472 g/mol. The molecule has 0 fully saturated rings. The molecule has 0 atom stereocenters. The molecule has 32 heavy (non-hydrogen) atoms.